The Balaban J connectivity index is 2.55. The van der Waals surface area contributed by atoms with E-state index in [9.17, 15) is 22.2 Å². The number of rotatable bonds is 11. The standard InChI is InChI=1S/C30H40F3NO4S/c1-18(2)23-14-24(19(3)4)28(25(15-23)20(5)6)39(36)13-11-22-17-27(38-9)26(37-8)16-21(22)10-12-34(7)29(35)30(31,32)33/h11,13-20H,10,12H2,1-9H3/b13-11-/t39-/m1/s1. The highest BCUT2D eigenvalue weighted by atomic mass is 32.2. The minimum Gasteiger partial charge on any atom is -0.493 e. The molecule has 0 aliphatic carbocycles. The van der Waals surface area contributed by atoms with Crippen LogP contribution in [0.3, 0.4) is 0 Å². The Morgan fingerprint density at radius 3 is 1.87 bits per heavy atom. The second kappa shape index (κ2) is 13.5. The van der Waals surface area contributed by atoms with Gasteiger partial charge in [-0.15, -0.1) is 0 Å². The van der Waals surface area contributed by atoms with Gasteiger partial charge in [0.15, 0.2) is 11.5 Å². The third-order valence-electron chi connectivity index (χ3n) is 6.60. The lowest BCUT2D eigenvalue weighted by molar-refractivity contribution is -0.184. The molecule has 0 saturated heterocycles. The van der Waals surface area contributed by atoms with Gasteiger partial charge in [0.05, 0.1) is 29.9 Å². The van der Waals surface area contributed by atoms with Crippen LogP contribution in [0.4, 0.5) is 13.2 Å². The zero-order valence-electron chi connectivity index (χ0n) is 24.2. The van der Waals surface area contributed by atoms with E-state index in [-0.39, 0.29) is 24.8 Å². The molecule has 216 valence electrons. The summed E-state index contributed by atoms with van der Waals surface area (Å²) in [4.78, 5) is 13.0. The van der Waals surface area contributed by atoms with Crippen molar-refractivity contribution in [2.75, 3.05) is 27.8 Å². The number of benzene rings is 2. The number of hydrogen-bond donors (Lipinski definition) is 0. The van der Waals surface area contributed by atoms with Crippen molar-refractivity contribution in [2.24, 2.45) is 0 Å². The van der Waals surface area contributed by atoms with E-state index < -0.39 is 22.9 Å². The van der Waals surface area contributed by atoms with Gasteiger partial charge in [-0.2, -0.15) is 13.2 Å². The van der Waals surface area contributed by atoms with Crippen LogP contribution in [0.25, 0.3) is 6.08 Å². The SMILES string of the molecule is COc1cc(/C=C\[S@@](=O)c2c(C(C)C)cc(C(C)C)cc2C(C)C)c(CCN(C)C(=O)C(F)(F)F)cc1OC. The molecule has 0 fully saturated rings. The summed E-state index contributed by atoms with van der Waals surface area (Å²) in [5.41, 5.74) is 4.52. The minimum atomic E-state index is -4.95. The van der Waals surface area contributed by atoms with Gasteiger partial charge in [0.25, 0.3) is 0 Å². The first kappa shape index (κ1) is 32.4. The summed E-state index contributed by atoms with van der Waals surface area (Å²) >= 11 is 0. The van der Waals surface area contributed by atoms with Crippen LogP contribution in [0, 0.1) is 0 Å². The number of ether oxygens (including phenoxy) is 2. The lowest BCUT2D eigenvalue weighted by Gasteiger charge is -2.21. The Bertz CT molecular complexity index is 1190. The van der Waals surface area contributed by atoms with Crippen LogP contribution in [0.15, 0.2) is 34.6 Å². The van der Waals surface area contributed by atoms with Gasteiger partial charge in [-0.3, -0.25) is 4.79 Å². The summed E-state index contributed by atoms with van der Waals surface area (Å²) in [6.07, 6.45) is -3.12. The summed E-state index contributed by atoms with van der Waals surface area (Å²) in [5.74, 6) is -0.426. The first-order valence-electron chi connectivity index (χ1n) is 13.0. The maximum Gasteiger partial charge on any atom is 0.471 e. The minimum absolute atomic E-state index is 0.128. The third kappa shape index (κ3) is 8.10. The van der Waals surface area contributed by atoms with E-state index in [1.165, 1.54) is 19.8 Å². The molecule has 39 heavy (non-hydrogen) atoms. The summed E-state index contributed by atoms with van der Waals surface area (Å²) in [6, 6.07) is 7.64. The Morgan fingerprint density at radius 2 is 1.44 bits per heavy atom. The molecular formula is C30H40F3NO4S. The van der Waals surface area contributed by atoms with Crippen molar-refractivity contribution in [3.8, 4) is 11.5 Å². The number of methoxy groups -OCH3 is 2. The molecule has 2 rings (SSSR count). The molecule has 5 nitrogen and oxygen atoms in total. The molecule has 0 saturated carbocycles. The van der Waals surface area contributed by atoms with Gasteiger partial charge >= 0.3 is 12.1 Å². The lowest BCUT2D eigenvalue weighted by atomic mass is 9.89. The third-order valence-corrected chi connectivity index (χ3v) is 7.86. The Morgan fingerprint density at radius 1 is 0.923 bits per heavy atom. The number of carbonyl (C=O) groups excluding carboxylic acids is 1. The average Bonchev–Trinajstić information content (AvgIpc) is 2.87. The highest BCUT2D eigenvalue weighted by Crippen LogP contribution is 2.36. The van der Waals surface area contributed by atoms with E-state index in [4.69, 9.17) is 9.47 Å². The molecule has 0 spiro atoms. The molecule has 0 bridgehead atoms. The Hall–Kier alpha value is -2.81. The number of likely N-dealkylation sites (N-methyl/N-ethyl adjacent to an activating group) is 1. The fourth-order valence-corrected chi connectivity index (χ4v) is 5.70. The highest BCUT2D eigenvalue weighted by molar-refractivity contribution is 7.88. The number of carbonyl (C=O) groups is 1. The molecule has 0 aromatic heterocycles. The highest BCUT2D eigenvalue weighted by Gasteiger charge is 2.41. The van der Waals surface area contributed by atoms with Crippen LogP contribution in [0.2, 0.25) is 0 Å². The molecule has 0 aliphatic rings. The van der Waals surface area contributed by atoms with Gasteiger partial charge in [0, 0.05) is 19.0 Å². The largest absolute Gasteiger partial charge is 0.493 e. The number of halogens is 3. The quantitative estimate of drug-likeness (QED) is 0.284. The molecule has 0 N–H and O–H groups in total. The van der Waals surface area contributed by atoms with Crippen molar-refractivity contribution in [3.05, 3.63) is 57.5 Å². The van der Waals surface area contributed by atoms with Crippen LogP contribution in [0.1, 0.15) is 87.1 Å². The average molecular weight is 568 g/mol. The van der Waals surface area contributed by atoms with Gasteiger partial charge in [0.1, 0.15) is 0 Å². The molecule has 1 amide bonds. The fourth-order valence-electron chi connectivity index (χ4n) is 4.24. The van der Waals surface area contributed by atoms with Crippen molar-refractivity contribution in [1.29, 1.82) is 0 Å². The van der Waals surface area contributed by atoms with Crippen LogP contribution < -0.4 is 9.47 Å². The summed E-state index contributed by atoms with van der Waals surface area (Å²) in [7, 11) is 2.57. The number of hydrogen-bond acceptors (Lipinski definition) is 4. The maximum absolute atomic E-state index is 13.8. The van der Waals surface area contributed by atoms with Crippen molar-refractivity contribution in [2.45, 2.75) is 76.8 Å². The van der Waals surface area contributed by atoms with E-state index in [0.717, 1.165) is 23.1 Å². The van der Waals surface area contributed by atoms with Crippen molar-refractivity contribution in [1.82, 2.24) is 4.90 Å². The van der Waals surface area contributed by atoms with Crippen LogP contribution >= 0.6 is 0 Å². The van der Waals surface area contributed by atoms with Gasteiger partial charge in [0.2, 0.25) is 0 Å². The van der Waals surface area contributed by atoms with Crippen molar-refractivity contribution < 1.29 is 31.6 Å². The normalized spacial score (nSPS) is 13.0. The predicted molar refractivity (Wildman–Crippen MR) is 151 cm³/mol. The van der Waals surface area contributed by atoms with E-state index in [2.05, 4.69) is 53.7 Å². The second-order valence-electron chi connectivity index (χ2n) is 10.5. The van der Waals surface area contributed by atoms with E-state index in [1.54, 1.807) is 23.6 Å². The number of amides is 1. The molecule has 0 aliphatic heterocycles. The van der Waals surface area contributed by atoms with Crippen LogP contribution in [0.5, 0.6) is 11.5 Å². The molecule has 9 heteroatoms. The zero-order valence-corrected chi connectivity index (χ0v) is 25.0. The van der Waals surface area contributed by atoms with Crippen molar-refractivity contribution in [3.63, 3.8) is 0 Å². The molecule has 0 radical (unpaired) electrons. The fraction of sp³-hybridized carbons (Fsp3) is 0.500. The van der Waals surface area contributed by atoms with Crippen LogP contribution in [-0.4, -0.2) is 49.0 Å². The maximum atomic E-state index is 13.8. The molecule has 0 unspecified atom stereocenters. The molecule has 2 aromatic carbocycles. The molecule has 0 heterocycles. The molecule has 1 atom stereocenters. The topological polar surface area (TPSA) is 55.8 Å². The Labute approximate surface area is 232 Å². The van der Waals surface area contributed by atoms with Gasteiger partial charge in [-0.05, 0) is 70.2 Å². The monoisotopic (exact) mass is 567 g/mol. The van der Waals surface area contributed by atoms with Gasteiger partial charge < -0.3 is 14.4 Å². The summed E-state index contributed by atoms with van der Waals surface area (Å²) in [5, 5.41) is 1.61. The summed E-state index contributed by atoms with van der Waals surface area (Å²) in [6.45, 7) is 12.4. The smallest absolute Gasteiger partial charge is 0.471 e. The lowest BCUT2D eigenvalue weighted by Crippen LogP contribution is -2.39. The van der Waals surface area contributed by atoms with Gasteiger partial charge in [-0.1, -0.05) is 53.7 Å². The van der Waals surface area contributed by atoms with Gasteiger partial charge in [-0.25, -0.2) is 4.21 Å². The first-order chi connectivity index (χ1) is 18.1. The second-order valence-corrected chi connectivity index (χ2v) is 11.7. The molecule has 2 aromatic rings. The van der Waals surface area contributed by atoms with Crippen molar-refractivity contribution >= 4 is 22.8 Å². The molecular weight excluding hydrogens is 527 g/mol. The van der Waals surface area contributed by atoms with Crippen LogP contribution in [-0.2, 0) is 22.0 Å². The first-order valence-corrected chi connectivity index (χ1v) is 14.2. The van der Waals surface area contributed by atoms with E-state index in [0.29, 0.717) is 33.4 Å². The van der Waals surface area contributed by atoms with E-state index in [1.807, 2.05) is 0 Å². The number of nitrogens with zero attached hydrogens (tertiary/aromatic N) is 1. The summed E-state index contributed by atoms with van der Waals surface area (Å²) < 4.78 is 63.2. The van der Waals surface area contributed by atoms with E-state index >= 15 is 0 Å². The predicted octanol–water partition coefficient (Wildman–Crippen LogP) is 7.42. The number of alkyl halides is 3. The Kier molecular flexibility index (Phi) is 11.2. The zero-order chi connectivity index (χ0) is 29.7.